The van der Waals surface area contributed by atoms with Gasteiger partial charge >= 0.3 is 0 Å². The molecule has 4 aromatic rings. The molecule has 6 rings (SSSR count). The summed E-state index contributed by atoms with van der Waals surface area (Å²) in [4.78, 5) is 35.0. The van der Waals surface area contributed by atoms with Gasteiger partial charge in [-0.1, -0.05) is 61.5 Å². The summed E-state index contributed by atoms with van der Waals surface area (Å²) in [5, 5.41) is 1.11. The lowest BCUT2D eigenvalue weighted by atomic mass is 9.76. The van der Waals surface area contributed by atoms with Crippen LogP contribution in [0, 0.1) is 0 Å². The Kier molecular flexibility index (Phi) is 5.98. The van der Waals surface area contributed by atoms with Gasteiger partial charge in [0, 0.05) is 29.9 Å². The number of methoxy groups -OCH3 is 1. The topological polar surface area (TPSA) is 65.6 Å². The number of para-hydroxylation sites is 1. The van der Waals surface area contributed by atoms with Crippen molar-refractivity contribution in [3.05, 3.63) is 101 Å². The minimum absolute atomic E-state index is 0.0114. The summed E-state index contributed by atoms with van der Waals surface area (Å²) in [6, 6.07) is 24.8. The van der Waals surface area contributed by atoms with Crippen molar-refractivity contribution < 1.29 is 14.3 Å². The minimum atomic E-state index is -1.08. The normalized spacial score (nSPS) is 21.0. The fraction of sp³-hybridized carbons (Fsp3) is 0.312. The van der Waals surface area contributed by atoms with Gasteiger partial charge < -0.3 is 19.5 Å². The summed E-state index contributed by atoms with van der Waals surface area (Å²) < 4.78 is 5.26. The summed E-state index contributed by atoms with van der Waals surface area (Å²) in [5.74, 6) is 0.746. The Labute approximate surface area is 223 Å². The smallest absolute Gasteiger partial charge is 0.254 e. The van der Waals surface area contributed by atoms with Gasteiger partial charge in [-0.25, -0.2) is 0 Å². The molecular weight excluding hydrogens is 474 g/mol. The predicted molar refractivity (Wildman–Crippen MR) is 148 cm³/mol. The van der Waals surface area contributed by atoms with Gasteiger partial charge in [0.2, 0.25) is 5.91 Å². The van der Waals surface area contributed by atoms with Crippen LogP contribution in [0.25, 0.3) is 10.9 Å². The third kappa shape index (κ3) is 3.78. The number of carbonyl (C=O) groups is 2. The first-order chi connectivity index (χ1) is 18.4. The molecule has 6 nitrogen and oxygen atoms in total. The van der Waals surface area contributed by atoms with Gasteiger partial charge in [-0.05, 0) is 60.2 Å². The van der Waals surface area contributed by atoms with Crippen LogP contribution in [0.15, 0.2) is 72.8 Å². The maximum Gasteiger partial charge on any atom is 0.254 e. The van der Waals surface area contributed by atoms with Gasteiger partial charge in [0.15, 0.2) is 5.54 Å². The van der Waals surface area contributed by atoms with Gasteiger partial charge in [0.25, 0.3) is 5.91 Å². The fourth-order valence-electron chi connectivity index (χ4n) is 6.20. The maximum atomic E-state index is 14.2. The highest BCUT2D eigenvalue weighted by molar-refractivity contribution is 6.01. The van der Waals surface area contributed by atoms with E-state index in [4.69, 9.17) is 4.74 Å². The lowest BCUT2D eigenvalue weighted by Gasteiger charge is -2.51. The molecule has 1 N–H and O–H groups in total. The molecule has 6 heteroatoms. The molecule has 2 aliphatic heterocycles. The predicted octanol–water partition coefficient (Wildman–Crippen LogP) is 5.01. The second-order valence-corrected chi connectivity index (χ2v) is 10.5. The highest BCUT2D eigenvalue weighted by Gasteiger charge is 2.56. The molecule has 3 heterocycles. The van der Waals surface area contributed by atoms with Crippen molar-refractivity contribution in [3.8, 4) is 5.75 Å². The first-order valence-corrected chi connectivity index (χ1v) is 13.4. The minimum Gasteiger partial charge on any atom is -0.497 e. The van der Waals surface area contributed by atoms with E-state index in [0.717, 1.165) is 45.5 Å². The Morgan fingerprint density at radius 3 is 2.39 bits per heavy atom. The van der Waals surface area contributed by atoms with Crippen molar-refractivity contribution in [2.45, 2.75) is 38.1 Å². The first-order valence-electron chi connectivity index (χ1n) is 13.4. The number of hydrogen-bond donors (Lipinski definition) is 1. The molecule has 1 saturated heterocycles. The van der Waals surface area contributed by atoms with Crippen LogP contribution < -0.4 is 4.74 Å². The lowest BCUT2D eigenvalue weighted by Crippen LogP contribution is -2.67. The van der Waals surface area contributed by atoms with Crippen LogP contribution in [-0.2, 0) is 28.0 Å². The largest absolute Gasteiger partial charge is 0.497 e. The van der Waals surface area contributed by atoms with E-state index in [0.29, 0.717) is 19.5 Å². The summed E-state index contributed by atoms with van der Waals surface area (Å²) in [6.07, 6.45) is 1.65. The van der Waals surface area contributed by atoms with E-state index in [2.05, 4.69) is 48.3 Å². The van der Waals surface area contributed by atoms with Crippen LogP contribution in [0.5, 0.6) is 5.75 Å². The molecule has 1 aromatic heterocycles. The monoisotopic (exact) mass is 507 g/mol. The van der Waals surface area contributed by atoms with E-state index in [1.807, 2.05) is 48.2 Å². The third-order valence-corrected chi connectivity index (χ3v) is 8.44. The zero-order chi connectivity index (χ0) is 26.4. The lowest BCUT2D eigenvalue weighted by molar-refractivity contribution is -0.166. The van der Waals surface area contributed by atoms with Crippen LogP contribution in [0.1, 0.15) is 47.7 Å². The third-order valence-electron chi connectivity index (χ3n) is 8.44. The van der Waals surface area contributed by atoms with Crippen molar-refractivity contribution >= 4 is 22.7 Å². The van der Waals surface area contributed by atoms with Gasteiger partial charge in [-0.3, -0.25) is 9.59 Å². The summed E-state index contributed by atoms with van der Waals surface area (Å²) in [6.45, 7) is 5.13. The first kappa shape index (κ1) is 24.3. The van der Waals surface area contributed by atoms with Crippen LogP contribution >= 0.6 is 0 Å². The number of H-pyrrole nitrogens is 1. The Balaban J connectivity index is 1.39. The van der Waals surface area contributed by atoms with Crippen LogP contribution in [0.4, 0.5) is 0 Å². The SMILES string of the molecule is CCc1ccc([C@H]2CN3C(=O)CN(CCc4ccc(OC)cc4)C(=O)[C@]3(C)c3[nH]c4ccccc4c32)cc1. The Morgan fingerprint density at radius 2 is 1.68 bits per heavy atom. The Morgan fingerprint density at radius 1 is 0.974 bits per heavy atom. The summed E-state index contributed by atoms with van der Waals surface area (Å²) >= 11 is 0. The number of rotatable bonds is 6. The van der Waals surface area contributed by atoms with Crippen molar-refractivity contribution in [2.75, 3.05) is 26.7 Å². The van der Waals surface area contributed by atoms with Crippen molar-refractivity contribution in [2.24, 2.45) is 0 Å². The molecule has 0 saturated carbocycles. The average molecular weight is 508 g/mol. The van der Waals surface area contributed by atoms with Gasteiger partial charge in [-0.2, -0.15) is 0 Å². The molecule has 2 aliphatic rings. The number of ether oxygens (including phenoxy) is 1. The van der Waals surface area contributed by atoms with Gasteiger partial charge in [0.05, 0.1) is 19.3 Å². The van der Waals surface area contributed by atoms with Crippen LogP contribution in [-0.4, -0.2) is 53.3 Å². The number of fused-ring (bicyclic) bond motifs is 5. The van der Waals surface area contributed by atoms with Crippen LogP contribution in [0.3, 0.4) is 0 Å². The number of aromatic amines is 1. The van der Waals surface area contributed by atoms with Crippen molar-refractivity contribution in [1.82, 2.24) is 14.8 Å². The molecule has 38 heavy (non-hydrogen) atoms. The average Bonchev–Trinajstić information content (AvgIpc) is 3.35. The highest BCUT2D eigenvalue weighted by atomic mass is 16.5. The van der Waals surface area contributed by atoms with E-state index >= 15 is 0 Å². The molecule has 2 amide bonds. The Hall–Kier alpha value is -4.06. The number of aromatic nitrogens is 1. The highest BCUT2D eigenvalue weighted by Crippen LogP contribution is 2.48. The number of hydrogen-bond acceptors (Lipinski definition) is 3. The maximum absolute atomic E-state index is 14.2. The fourth-order valence-corrected chi connectivity index (χ4v) is 6.20. The van der Waals surface area contributed by atoms with E-state index in [1.165, 1.54) is 5.56 Å². The number of piperazine rings is 1. The van der Waals surface area contributed by atoms with E-state index in [9.17, 15) is 9.59 Å². The molecule has 3 aromatic carbocycles. The number of nitrogens with one attached hydrogen (secondary N) is 1. The number of benzene rings is 3. The molecule has 0 aliphatic carbocycles. The molecule has 1 fully saturated rings. The van der Waals surface area contributed by atoms with E-state index < -0.39 is 5.54 Å². The van der Waals surface area contributed by atoms with Crippen LogP contribution in [0.2, 0.25) is 0 Å². The molecule has 0 bridgehead atoms. The van der Waals surface area contributed by atoms with Gasteiger partial charge in [0.1, 0.15) is 5.75 Å². The quantitative estimate of drug-likeness (QED) is 0.399. The number of carbonyl (C=O) groups excluding carboxylic acids is 2. The summed E-state index contributed by atoms with van der Waals surface area (Å²) in [7, 11) is 1.65. The van der Waals surface area contributed by atoms with E-state index in [1.54, 1.807) is 12.0 Å². The van der Waals surface area contributed by atoms with E-state index in [-0.39, 0.29) is 24.3 Å². The molecule has 0 unspecified atom stereocenters. The van der Waals surface area contributed by atoms with Gasteiger partial charge in [-0.15, -0.1) is 0 Å². The molecular formula is C32H33N3O3. The molecule has 0 spiro atoms. The van der Waals surface area contributed by atoms with Crippen molar-refractivity contribution in [3.63, 3.8) is 0 Å². The summed E-state index contributed by atoms with van der Waals surface area (Å²) in [5.41, 5.74) is 5.42. The molecule has 2 atom stereocenters. The standard InChI is InChI=1S/C32H33N3O3/c1-4-21-9-13-23(14-10-21)26-19-35-28(36)20-34(18-17-22-11-15-24(38-3)16-12-22)31(37)32(35,2)30-29(26)25-7-5-6-8-27(25)33-30/h5-16,26,33H,4,17-20H2,1-3H3/t26-,32+/m1/s1. The zero-order valence-corrected chi connectivity index (χ0v) is 22.2. The van der Waals surface area contributed by atoms with Crippen molar-refractivity contribution in [1.29, 1.82) is 0 Å². The number of aryl methyl sites for hydroxylation is 1. The number of amides is 2. The zero-order valence-electron chi connectivity index (χ0n) is 22.2. The molecule has 194 valence electrons. The Bertz CT molecular complexity index is 1510. The number of nitrogens with zero attached hydrogens (tertiary/aromatic N) is 2. The second kappa shape index (κ2) is 9.35. The molecule has 0 radical (unpaired) electrons. The second-order valence-electron chi connectivity index (χ2n) is 10.5.